The summed E-state index contributed by atoms with van der Waals surface area (Å²) in [6, 6.07) is -0.0721. The first-order valence-electron chi connectivity index (χ1n) is 9.34. The van der Waals surface area contributed by atoms with E-state index >= 15 is 0 Å². The Kier molecular flexibility index (Phi) is 5.32. The van der Waals surface area contributed by atoms with Crippen LogP contribution in [0.2, 0.25) is 0 Å². The molecule has 1 aliphatic carbocycles. The zero-order chi connectivity index (χ0) is 18.9. The van der Waals surface area contributed by atoms with Gasteiger partial charge in [-0.05, 0) is 26.2 Å². The normalized spacial score (nSPS) is 31.4. The number of hydrogen-bond acceptors (Lipinski definition) is 6. The van der Waals surface area contributed by atoms with Gasteiger partial charge in [-0.25, -0.2) is 4.63 Å². The highest BCUT2D eigenvalue weighted by atomic mass is 16.6. The summed E-state index contributed by atoms with van der Waals surface area (Å²) in [5, 5.41) is 21.0. The van der Waals surface area contributed by atoms with Gasteiger partial charge in [-0.2, -0.15) is 0 Å². The van der Waals surface area contributed by atoms with Crippen LogP contribution < -0.4 is 5.32 Å². The van der Waals surface area contributed by atoms with E-state index < -0.39 is 6.10 Å². The van der Waals surface area contributed by atoms with Crippen molar-refractivity contribution in [2.45, 2.75) is 77.5 Å². The van der Waals surface area contributed by atoms with Gasteiger partial charge in [0.1, 0.15) is 11.4 Å². The number of aliphatic hydroxyl groups excluding tert-OH is 1. The number of amides is 2. The van der Waals surface area contributed by atoms with Crippen molar-refractivity contribution in [3.63, 3.8) is 0 Å². The third-order valence-electron chi connectivity index (χ3n) is 6.11. The molecular weight excluding hydrogens is 336 g/mol. The Bertz CT molecular complexity index is 676. The number of aliphatic hydroxyl groups is 1. The van der Waals surface area contributed by atoms with Crippen molar-refractivity contribution in [1.29, 1.82) is 0 Å². The molecule has 1 aromatic rings. The van der Waals surface area contributed by atoms with Gasteiger partial charge in [0.05, 0.1) is 18.6 Å². The van der Waals surface area contributed by atoms with Crippen LogP contribution >= 0.6 is 0 Å². The van der Waals surface area contributed by atoms with Crippen LogP contribution in [0.25, 0.3) is 0 Å². The molecular formula is C18H28N4O4. The molecule has 0 aromatic carbocycles. The summed E-state index contributed by atoms with van der Waals surface area (Å²) < 4.78 is 4.61. The van der Waals surface area contributed by atoms with Gasteiger partial charge in [-0.3, -0.25) is 9.59 Å². The molecule has 2 heterocycles. The number of nitrogens with zero attached hydrogens (tertiary/aromatic N) is 3. The van der Waals surface area contributed by atoms with Gasteiger partial charge in [0, 0.05) is 24.9 Å². The standard InChI is InChI=1S/C18H28N4O4/c1-11-14(21-26-20-11)8-17(25)19-10-13-9-18(3)15(22(13)12(2)23)6-4-5-7-16(18)24/h13,15-16,24H,4-10H2,1-3H3,(H,19,25)/t13-,15-,16+,18-/m1/s1. The first-order valence-corrected chi connectivity index (χ1v) is 9.34. The number of carbonyl (C=O) groups excluding carboxylic acids is 2. The maximum Gasteiger partial charge on any atom is 0.226 e. The van der Waals surface area contributed by atoms with E-state index in [0.717, 1.165) is 25.7 Å². The summed E-state index contributed by atoms with van der Waals surface area (Å²) in [7, 11) is 0. The Morgan fingerprint density at radius 1 is 1.35 bits per heavy atom. The lowest BCUT2D eigenvalue weighted by atomic mass is 9.75. The fraction of sp³-hybridized carbons (Fsp3) is 0.778. The number of carbonyl (C=O) groups is 2. The maximum atomic E-state index is 12.3. The minimum absolute atomic E-state index is 0.00335. The molecule has 0 unspecified atom stereocenters. The van der Waals surface area contributed by atoms with E-state index in [1.165, 1.54) is 0 Å². The average Bonchev–Trinajstić information content (AvgIpc) is 3.07. The van der Waals surface area contributed by atoms with Crippen LogP contribution in [0, 0.1) is 12.3 Å². The molecule has 4 atom stereocenters. The van der Waals surface area contributed by atoms with Gasteiger partial charge in [-0.15, -0.1) is 0 Å². The molecule has 8 heteroatoms. The molecule has 26 heavy (non-hydrogen) atoms. The fourth-order valence-electron chi connectivity index (χ4n) is 4.65. The van der Waals surface area contributed by atoms with E-state index in [9.17, 15) is 14.7 Å². The smallest absolute Gasteiger partial charge is 0.226 e. The lowest BCUT2D eigenvalue weighted by Gasteiger charge is -2.37. The number of aryl methyl sites for hydroxylation is 1. The van der Waals surface area contributed by atoms with Gasteiger partial charge in [0.2, 0.25) is 11.8 Å². The highest BCUT2D eigenvalue weighted by Crippen LogP contribution is 2.48. The van der Waals surface area contributed by atoms with Crippen LogP contribution in [0.3, 0.4) is 0 Å². The van der Waals surface area contributed by atoms with Crippen LogP contribution in [0.4, 0.5) is 0 Å². The Hall–Kier alpha value is -1.96. The Morgan fingerprint density at radius 3 is 2.73 bits per heavy atom. The van der Waals surface area contributed by atoms with Crippen molar-refractivity contribution >= 4 is 11.8 Å². The molecule has 0 bridgehead atoms. The minimum Gasteiger partial charge on any atom is -0.392 e. The Labute approximate surface area is 153 Å². The summed E-state index contributed by atoms with van der Waals surface area (Å²) in [4.78, 5) is 26.4. The SMILES string of the molecule is CC(=O)N1[C@@H](CNC(=O)Cc2nonc2C)C[C@@]2(C)[C@@H](O)CCCC[C@@H]12. The van der Waals surface area contributed by atoms with Crippen LogP contribution in [0.5, 0.6) is 0 Å². The number of rotatable bonds is 4. The van der Waals surface area contributed by atoms with Crippen molar-refractivity contribution in [2.75, 3.05) is 6.54 Å². The number of fused-ring (bicyclic) bond motifs is 1. The van der Waals surface area contributed by atoms with Crippen LogP contribution in [0.1, 0.15) is 57.3 Å². The van der Waals surface area contributed by atoms with Gasteiger partial charge < -0.3 is 15.3 Å². The quantitative estimate of drug-likeness (QED) is 0.824. The molecule has 3 rings (SSSR count). The van der Waals surface area contributed by atoms with Crippen molar-refractivity contribution < 1.29 is 19.3 Å². The third-order valence-corrected chi connectivity index (χ3v) is 6.11. The van der Waals surface area contributed by atoms with Crippen molar-refractivity contribution in [3.05, 3.63) is 11.4 Å². The number of nitrogens with one attached hydrogen (secondary N) is 1. The monoisotopic (exact) mass is 364 g/mol. The van der Waals surface area contributed by atoms with Crippen LogP contribution in [-0.4, -0.2) is 56.9 Å². The van der Waals surface area contributed by atoms with Gasteiger partial charge >= 0.3 is 0 Å². The summed E-state index contributed by atoms with van der Waals surface area (Å²) in [5.74, 6) is -0.172. The molecule has 1 saturated carbocycles. The Balaban J connectivity index is 1.67. The van der Waals surface area contributed by atoms with Gasteiger partial charge in [0.15, 0.2) is 0 Å². The number of aromatic nitrogens is 2. The number of likely N-dealkylation sites (tertiary alicyclic amines) is 1. The fourth-order valence-corrected chi connectivity index (χ4v) is 4.65. The molecule has 0 spiro atoms. The lowest BCUT2D eigenvalue weighted by Crippen LogP contribution is -2.48. The zero-order valence-corrected chi connectivity index (χ0v) is 15.7. The molecule has 8 nitrogen and oxygen atoms in total. The van der Waals surface area contributed by atoms with Crippen LogP contribution in [-0.2, 0) is 16.0 Å². The van der Waals surface area contributed by atoms with Crippen LogP contribution in [0.15, 0.2) is 4.63 Å². The highest BCUT2D eigenvalue weighted by Gasteiger charge is 2.54. The minimum atomic E-state index is -0.415. The second-order valence-electron chi connectivity index (χ2n) is 7.88. The predicted octanol–water partition coefficient (Wildman–Crippen LogP) is 0.967. The molecule has 2 aliphatic rings. The highest BCUT2D eigenvalue weighted by molar-refractivity contribution is 5.78. The van der Waals surface area contributed by atoms with Crippen molar-refractivity contribution in [2.24, 2.45) is 5.41 Å². The molecule has 0 radical (unpaired) electrons. The number of hydrogen-bond donors (Lipinski definition) is 2. The molecule has 2 N–H and O–H groups in total. The molecule has 2 fully saturated rings. The van der Waals surface area contributed by atoms with E-state index in [4.69, 9.17) is 0 Å². The second kappa shape index (κ2) is 7.34. The first-order chi connectivity index (χ1) is 12.3. The third kappa shape index (κ3) is 3.47. The second-order valence-corrected chi connectivity index (χ2v) is 7.88. The molecule has 2 amide bonds. The molecule has 144 valence electrons. The van der Waals surface area contributed by atoms with E-state index in [1.54, 1.807) is 13.8 Å². The zero-order valence-electron chi connectivity index (χ0n) is 15.7. The summed E-state index contributed by atoms with van der Waals surface area (Å²) >= 11 is 0. The maximum absolute atomic E-state index is 12.3. The van der Waals surface area contributed by atoms with E-state index in [0.29, 0.717) is 24.4 Å². The summed E-state index contributed by atoms with van der Waals surface area (Å²) in [6.07, 6.45) is 4.07. The van der Waals surface area contributed by atoms with Crippen molar-refractivity contribution in [3.8, 4) is 0 Å². The molecule has 1 saturated heterocycles. The van der Waals surface area contributed by atoms with E-state index in [-0.39, 0.29) is 35.7 Å². The molecule has 1 aliphatic heterocycles. The average molecular weight is 364 g/mol. The lowest BCUT2D eigenvalue weighted by molar-refractivity contribution is -0.133. The van der Waals surface area contributed by atoms with E-state index in [1.807, 2.05) is 4.90 Å². The topological polar surface area (TPSA) is 109 Å². The largest absolute Gasteiger partial charge is 0.392 e. The van der Waals surface area contributed by atoms with Gasteiger partial charge in [-0.1, -0.05) is 30.1 Å². The van der Waals surface area contributed by atoms with Crippen molar-refractivity contribution in [1.82, 2.24) is 20.5 Å². The summed E-state index contributed by atoms with van der Waals surface area (Å²) in [5.41, 5.74) is 0.804. The molecule has 1 aromatic heterocycles. The predicted molar refractivity (Wildman–Crippen MR) is 93.0 cm³/mol. The summed E-state index contributed by atoms with van der Waals surface area (Å²) in [6.45, 7) is 5.77. The first kappa shape index (κ1) is 18.8. The Morgan fingerprint density at radius 2 is 2.08 bits per heavy atom. The van der Waals surface area contributed by atoms with E-state index in [2.05, 4.69) is 27.2 Å². The van der Waals surface area contributed by atoms with Gasteiger partial charge in [0.25, 0.3) is 0 Å².